The Bertz CT molecular complexity index is 219. The van der Waals surface area contributed by atoms with E-state index in [1.165, 1.54) is 0 Å². The lowest BCUT2D eigenvalue weighted by Crippen LogP contribution is -2.34. The fourth-order valence-corrected chi connectivity index (χ4v) is 1.66. The molecule has 0 aliphatic carbocycles. The molecule has 6 heteroatoms. The Balaban J connectivity index is 4.38. The summed E-state index contributed by atoms with van der Waals surface area (Å²) in [5.74, 6) is -2.16. The molecule has 0 aromatic carbocycles. The van der Waals surface area contributed by atoms with Gasteiger partial charge in [-0.05, 0) is 12.8 Å². The summed E-state index contributed by atoms with van der Waals surface area (Å²) < 4.78 is 40.3. The molecule has 0 radical (unpaired) electrons. The number of esters is 1. The Morgan fingerprint density at radius 3 is 2.12 bits per heavy atom. The summed E-state index contributed by atoms with van der Waals surface area (Å²) in [4.78, 5) is 10.7. The summed E-state index contributed by atoms with van der Waals surface area (Å²) in [5, 5.41) is -0.559. The van der Waals surface area contributed by atoms with Gasteiger partial charge >= 0.3 is 12.1 Å². The molecule has 0 spiro atoms. The topological polar surface area (TPSA) is 26.3 Å². The maximum atomic E-state index is 12.0. The van der Waals surface area contributed by atoms with Gasteiger partial charge in [-0.25, -0.2) is 4.79 Å². The number of rotatable bonds is 6. The van der Waals surface area contributed by atoms with Crippen LogP contribution in [0, 0.1) is 0 Å². The highest BCUT2D eigenvalue weighted by molar-refractivity contribution is 6.21. The van der Waals surface area contributed by atoms with Crippen LogP contribution >= 0.6 is 11.6 Å². The lowest BCUT2D eigenvalue weighted by Gasteiger charge is -2.22. The van der Waals surface area contributed by atoms with E-state index in [9.17, 15) is 18.0 Å². The lowest BCUT2D eigenvalue weighted by molar-refractivity contribution is -0.205. The molecule has 0 fully saturated rings. The predicted molar refractivity (Wildman–Crippen MR) is 55.4 cm³/mol. The van der Waals surface area contributed by atoms with Crippen LogP contribution in [-0.2, 0) is 9.53 Å². The van der Waals surface area contributed by atoms with Gasteiger partial charge in [0.15, 0.2) is 0 Å². The SMILES string of the molecule is CCC[C@H](Cl)[C@@H](CCC)OC(=O)C(F)(F)F. The Kier molecular flexibility index (Phi) is 6.79. The van der Waals surface area contributed by atoms with E-state index in [0.717, 1.165) is 6.42 Å². The van der Waals surface area contributed by atoms with Gasteiger partial charge in [-0.1, -0.05) is 26.7 Å². The zero-order valence-electron chi connectivity index (χ0n) is 9.31. The van der Waals surface area contributed by atoms with Gasteiger partial charge in [-0.15, -0.1) is 11.6 Å². The smallest absolute Gasteiger partial charge is 0.454 e. The average molecular weight is 261 g/mol. The van der Waals surface area contributed by atoms with Gasteiger partial charge < -0.3 is 4.74 Å². The predicted octanol–water partition coefficient (Wildman–Crippen LogP) is 3.67. The van der Waals surface area contributed by atoms with E-state index in [2.05, 4.69) is 4.74 Å². The Morgan fingerprint density at radius 2 is 1.75 bits per heavy atom. The Hall–Kier alpha value is -0.450. The highest BCUT2D eigenvalue weighted by Gasteiger charge is 2.42. The van der Waals surface area contributed by atoms with Crippen LogP contribution in [-0.4, -0.2) is 23.6 Å². The van der Waals surface area contributed by atoms with Crippen molar-refractivity contribution in [1.29, 1.82) is 0 Å². The van der Waals surface area contributed by atoms with E-state index in [0.29, 0.717) is 19.3 Å². The molecule has 0 saturated heterocycles. The van der Waals surface area contributed by atoms with Gasteiger partial charge in [0.1, 0.15) is 6.10 Å². The summed E-state index contributed by atoms with van der Waals surface area (Å²) in [6.07, 6.45) is -3.59. The van der Waals surface area contributed by atoms with Crippen molar-refractivity contribution < 1.29 is 22.7 Å². The monoisotopic (exact) mass is 260 g/mol. The summed E-state index contributed by atoms with van der Waals surface area (Å²) in [6.45, 7) is 3.66. The summed E-state index contributed by atoms with van der Waals surface area (Å²) in [5.41, 5.74) is 0. The highest BCUT2D eigenvalue weighted by atomic mass is 35.5. The number of ether oxygens (including phenoxy) is 1. The zero-order valence-corrected chi connectivity index (χ0v) is 10.1. The lowest BCUT2D eigenvalue weighted by atomic mass is 10.1. The molecular formula is C10H16ClF3O2. The van der Waals surface area contributed by atoms with Gasteiger partial charge in [0.05, 0.1) is 5.38 Å². The first kappa shape index (κ1) is 15.6. The largest absolute Gasteiger partial charge is 0.490 e. The fraction of sp³-hybridized carbons (Fsp3) is 0.900. The van der Waals surface area contributed by atoms with Crippen molar-refractivity contribution in [3.8, 4) is 0 Å². The van der Waals surface area contributed by atoms with Crippen LogP contribution in [0.5, 0.6) is 0 Å². The molecule has 0 N–H and O–H groups in total. The minimum atomic E-state index is -4.95. The number of halogens is 4. The second-order valence-electron chi connectivity index (χ2n) is 3.53. The van der Waals surface area contributed by atoms with E-state index < -0.39 is 23.6 Å². The van der Waals surface area contributed by atoms with Crippen molar-refractivity contribution in [3.05, 3.63) is 0 Å². The highest BCUT2D eigenvalue weighted by Crippen LogP contribution is 2.23. The van der Waals surface area contributed by atoms with E-state index in [-0.39, 0.29) is 0 Å². The van der Waals surface area contributed by atoms with Crippen LogP contribution in [0.3, 0.4) is 0 Å². The molecule has 0 saturated carbocycles. The van der Waals surface area contributed by atoms with Gasteiger partial charge in [0.25, 0.3) is 0 Å². The summed E-state index contributed by atoms with van der Waals surface area (Å²) >= 11 is 5.88. The quantitative estimate of drug-likeness (QED) is 0.538. The van der Waals surface area contributed by atoms with Crippen LogP contribution in [0.4, 0.5) is 13.2 Å². The molecule has 0 aliphatic rings. The molecule has 0 heterocycles. The normalized spacial score (nSPS) is 15.6. The van der Waals surface area contributed by atoms with Crippen molar-refractivity contribution in [3.63, 3.8) is 0 Å². The first-order valence-corrected chi connectivity index (χ1v) is 5.68. The molecule has 2 atom stereocenters. The Morgan fingerprint density at radius 1 is 1.25 bits per heavy atom. The van der Waals surface area contributed by atoms with E-state index in [1.807, 2.05) is 6.92 Å². The van der Waals surface area contributed by atoms with E-state index >= 15 is 0 Å². The molecule has 2 nitrogen and oxygen atoms in total. The van der Waals surface area contributed by atoms with Crippen LogP contribution in [0.1, 0.15) is 39.5 Å². The van der Waals surface area contributed by atoms with E-state index in [4.69, 9.17) is 11.6 Å². The van der Waals surface area contributed by atoms with Crippen molar-refractivity contribution in [1.82, 2.24) is 0 Å². The number of carbonyl (C=O) groups is 1. The van der Waals surface area contributed by atoms with Crippen LogP contribution < -0.4 is 0 Å². The summed E-state index contributed by atoms with van der Waals surface area (Å²) in [7, 11) is 0. The zero-order chi connectivity index (χ0) is 12.8. The third-order valence-corrected chi connectivity index (χ3v) is 2.53. The van der Waals surface area contributed by atoms with Crippen LogP contribution in [0.15, 0.2) is 0 Å². The number of alkyl halides is 4. The first-order valence-electron chi connectivity index (χ1n) is 5.24. The van der Waals surface area contributed by atoms with Crippen molar-refractivity contribution in [2.45, 2.75) is 57.2 Å². The maximum Gasteiger partial charge on any atom is 0.490 e. The summed E-state index contributed by atoms with van der Waals surface area (Å²) in [6, 6.07) is 0. The molecule has 0 bridgehead atoms. The van der Waals surface area contributed by atoms with Gasteiger partial charge in [-0.3, -0.25) is 0 Å². The molecule has 96 valence electrons. The maximum absolute atomic E-state index is 12.0. The van der Waals surface area contributed by atoms with Crippen molar-refractivity contribution in [2.24, 2.45) is 0 Å². The third kappa shape index (κ3) is 5.58. The third-order valence-electron chi connectivity index (χ3n) is 2.03. The molecule has 0 amide bonds. The van der Waals surface area contributed by atoms with Gasteiger partial charge in [0, 0.05) is 0 Å². The fourth-order valence-electron chi connectivity index (χ4n) is 1.26. The molecular weight excluding hydrogens is 245 g/mol. The average Bonchev–Trinajstić information content (AvgIpc) is 2.15. The number of carbonyl (C=O) groups excluding carboxylic acids is 1. The molecule has 0 aromatic heterocycles. The first-order chi connectivity index (χ1) is 7.32. The van der Waals surface area contributed by atoms with E-state index in [1.54, 1.807) is 6.92 Å². The Labute approximate surface area is 98.1 Å². The molecule has 0 aliphatic heterocycles. The van der Waals surface area contributed by atoms with Crippen molar-refractivity contribution >= 4 is 17.6 Å². The molecule has 0 aromatic rings. The standard InChI is InChI=1S/C10H16ClF3O2/c1-3-5-7(11)8(6-4-2)16-9(15)10(12,13)14/h7-8H,3-6H2,1-2H3/t7-,8+/m0/s1. The van der Waals surface area contributed by atoms with Crippen molar-refractivity contribution in [2.75, 3.05) is 0 Å². The second kappa shape index (κ2) is 6.99. The van der Waals surface area contributed by atoms with Gasteiger partial charge in [-0.2, -0.15) is 13.2 Å². The number of hydrogen-bond donors (Lipinski definition) is 0. The minimum Gasteiger partial charge on any atom is -0.454 e. The molecule has 0 unspecified atom stereocenters. The van der Waals surface area contributed by atoms with Gasteiger partial charge in [0.2, 0.25) is 0 Å². The van der Waals surface area contributed by atoms with Crippen LogP contribution in [0.2, 0.25) is 0 Å². The molecule has 0 rings (SSSR count). The second-order valence-corrected chi connectivity index (χ2v) is 4.10. The minimum absolute atomic E-state index is 0.343. The molecule has 16 heavy (non-hydrogen) atoms. The number of hydrogen-bond acceptors (Lipinski definition) is 2. The van der Waals surface area contributed by atoms with Crippen LogP contribution in [0.25, 0.3) is 0 Å².